The lowest BCUT2D eigenvalue weighted by atomic mass is 10.1. The number of halogens is 4. The number of hydrogen-bond donors (Lipinski definition) is 3. The molecule has 1 atom stereocenters. The number of aryl methyl sites for hydroxylation is 1. The maximum Gasteiger partial charge on any atom is 0.400 e. The van der Waals surface area contributed by atoms with E-state index in [1.807, 2.05) is 0 Å². The molecule has 1 aromatic rings. The Kier molecular flexibility index (Phi) is 5.04. The second-order valence-corrected chi connectivity index (χ2v) is 4.87. The summed E-state index contributed by atoms with van der Waals surface area (Å²) < 4.78 is 38.9. The zero-order valence-electron chi connectivity index (χ0n) is 10.0. The van der Waals surface area contributed by atoms with E-state index in [2.05, 4.69) is 26.4 Å². The third-order valence-corrected chi connectivity index (χ3v) is 3.06. The first-order chi connectivity index (χ1) is 8.75. The molecule has 0 heterocycles. The number of benzene rings is 1. The first-order valence-electron chi connectivity index (χ1n) is 5.30. The Morgan fingerprint density at radius 1 is 1.53 bits per heavy atom. The Balaban J connectivity index is 2.85. The largest absolute Gasteiger partial charge is 0.409 e. The number of alkyl halides is 3. The second-order valence-electron chi connectivity index (χ2n) is 3.96. The van der Waals surface area contributed by atoms with Gasteiger partial charge in [-0.05, 0) is 24.6 Å². The highest BCUT2D eigenvalue weighted by Gasteiger charge is 2.42. The van der Waals surface area contributed by atoms with Gasteiger partial charge in [0.1, 0.15) is 5.92 Å². The van der Waals surface area contributed by atoms with Gasteiger partial charge in [0.15, 0.2) is 5.84 Å². The lowest BCUT2D eigenvalue weighted by Gasteiger charge is -2.20. The number of oxime groups is 1. The zero-order chi connectivity index (χ0) is 14.6. The molecule has 8 heteroatoms. The van der Waals surface area contributed by atoms with Gasteiger partial charge in [0.25, 0.3) is 0 Å². The number of nitrogens with one attached hydrogen (secondary N) is 1. The van der Waals surface area contributed by atoms with Gasteiger partial charge in [-0.15, -0.1) is 0 Å². The van der Waals surface area contributed by atoms with Crippen molar-refractivity contribution in [2.24, 2.45) is 16.8 Å². The number of anilines is 1. The molecular formula is C11H13BrF3N3O. The van der Waals surface area contributed by atoms with Gasteiger partial charge in [0, 0.05) is 16.7 Å². The summed E-state index contributed by atoms with van der Waals surface area (Å²) in [5.74, 6) is -2.91. The van der Waals surface area contributed by atoms with Crippen LogP contribution in [-0.4, -0.2) is 23.8 Å². The topological polar surface area (TPSA) is 70.6 Å². The summed E-state index contributed by atoms with van der Waals surface area (Å²) in [6, 6.07) is 5.21. The van der Waals surface area contributed by atoms with Crippen LogP contribution in [0.1, 0.15) is 5.56 Å². The van der Waals surface area contributed by atoms with Crippen LogP contribution in [0.5, 0.6) is 0 Å². The molecule has 19 heavy (non-hydrogen) atoms. The fraction of sp³-hybridized carbons (Fsp3) is 0.364. The van der Waals surface area contributed by atoms with Crippen molar-refractivity contribution in [2.75, 3.05) is 11.9 Å². The van der Waals surface area contributed by atoms with Crippen LogP contribution in [0.15, 0.2) is 27.8 Å². The molecule has 106 valence electrons. The van der Waals surface area contributed by atoms with Crippen LogP contribution in [0.25, 0.3) is 0 Å². The minimum absolute atomic E-state index is 0.503. The van der Waals surface area contributed by atoms with Crippen molar-refractivity contribution in [1.29, 1.82) is 0 Å². The molecule has 0 aliphatic rings. The molecule has 0 fully saturated rings. The van der Waals surface area contributed by atoms with Crippen LogP contribution >= 0.6 is 15.9 Å². The van der Waals surface area contributed by atoms with E-state index in [1.54, 1.807) is 25.1 Å². The van der Waals surface area contributed by atoms with Gasteiger partial charge < -0.3 is 16.3 Å². The van der Waals surface area contributed by atoms with E-state index >= 15 is 0 Å². The maximum absolute atomic E-state index is 12.7. The molecule has 0 amide bonds. The molecule has 0 bridgehead atoms. The van der Waals surface area contributed by atoms with Crippen LogP contribution < -0.4 is 11.1 Å². The van der Waals surface area contributed by atoms with Gasteiger partial charge in [0.2, 0.25) is 0 Å². The highest BCUT2D eigenvalue weighted by atomic mass is 79.9. The summed E-state index contributed by atoms with van der Waals surface area (Å²) >= 11 is 3.23. The van der Waals surface area contributed by atoms with E-state index < -0.39 is 24.5 Å². The van der Waals surface area contributed by atoms with Gasteiger partial charge in [-0.1, -0.05) is 27.2 Å². The van der Waals surface area contributed by atoms with Crippen LogP contribution in [0, 0.1) is 12.8 Å². The Hall–Kier alpha value is -1.44. The van der Waals surface area contributed by atoms with Crippen molar-refractivity contribution in [3.05, 3.63) is 28.2 Å². The lowest BCUT2D eigenvalue weighted by Crippen LogP contribution is -2.40. The fourth-order valence-corrected chi connectivity index (χ4v) is 1.82. The van der Waals surface area contributed by atoms with E-state index in [4.69, 9.17) is 10.9 Å². The monoisotopic (exact) mass is 339 g/mol. The Morgan fingerprint density at radius 2 is 2.16 bits per heavy atom. The molecule has 0 radical (unpaired) electrons. The Bertz CT molecular complexity index is 477. The van der Waals surface area contributed by atoms with Crippen molar-refractivity contribution < 1.29 is 18.4 Å². The number of nitrogens with two attached hydrogens (primary N) is 1. The van der Waals surface area contributed by atoms with E-state index in [0.29, 0.717) is 5.69 Å². The van der Waals surface area contributed by atoms with Crippen LogP contribution in [0.3, 0.4) is 0 Å². The van der Waals surface area contributed by atoms with E-state index in [1.165, 1.54) is 0 Å². The molecule has 0 spiro atoms. The Morgan fingerprint density at radius 3 is 2.68 bits per heavy atom. The second kappa shape index (κ2) is 6.14. The minimum atomic E-state index is -4.58. The molecular weight excluding hydrogens is 327 g/mol. The number of nitrogens with zero attached hydrogens (tertiary/aromatic N) is 1. The van der Waals surface area contributed by atoms with E-state index in [-0.39, 0.29) is 0 Å². The van der Waals surface area contributed by atoms with Gasteiger partial charge in [-0.3, -0.25) is 0 Å². The molecule has 4 nitrogen and oxygen atoms in total. The smallest absolute Gasteiger partial charge is 0.400 e. The number of rotatable bonds is 4. The predicted octanol–water partition coefficient (Wildman–Crippen LogP) is 3.09. The zero-order valence-corrected chi connectivity index (χ0v) is 11.6. The Labute approximate surface area is 116 Å². The average molecular weight is 340 g/mol. The molecule has 1 aromatic carbocycles. The molecule has 0 saturated heterocycles. The SMILES string of the molecule is Cc1ccc(Br)cc1NCC(/C(N)=N/O)C(F)(F)F. The minimum Gasteiger partial charge on any atom is -0.409 e. The van der Waals surface area contributed by atoms with Crippen LogP contribution in [-0.2, 0) is 0 Å². The summed E-state index contributed by atoms with van der Waals surface area (Å²) in [6.45, 7) is 1.26. The van der Waals surface area contributed by atoms with Gasteiger partial charge in [-0.25, -0.2) is 0 Å². The summed E-state index contributed by atoms with van der Waals surface area (Å²) in [7, 11) is 0. The van der Waals surface area contributed by atoms with Gasteiger partial charge in [0.05, 0.1) is 0 Å². The highest BCUT2D eigenvalue weighted by molar-refractivity contribution is 9.10. The molecule has 0 aliphatic heterocycles. The van der Waals surface area contributed by atoms with Crippen molar-refractivity contribution in [3.8, 4) is 0 Å². The van der Waals surface area contributed by atoms with Crippen molar-refractivity contribution in [3.63, 3.8) is 0 Å². The predicted molar refractivity (Wildman–Crippen MR) is 70.3 cm³/mol. The molecule has 0 saturated carbocycles. The average Bonchev–Trinajstić information content (AvgIpc) is 2.31. The molecule has 0 aliphatic carbocycles. The van der Waals surface area contributed by atoms with Crippen molar-refractivity contribution in [2.45, 2.75) is 13.1 Å². The lowest BCUT2D eigenvalue weighted by molar-refractivity contribution is -0.152. The number of hydrogen-bond acceptors (Lipinski definition) is 3. The molecule has 1 rings (SSSR count). The highest BCUT2D eigenvalue weighted by Crippen LogP contribution is 2.28. The number of amidine groups is 1. The third kappa shape index (κ3) is 4.30. The van der Waals surface area contributed by atoms with E-state index in [9.17, 15) is 13.2 Å². The summed E-state index contributed by atoms with van der Waals surface area (Å²) in [5, 5.41) is 13.5. The maximum atomic E-state index is 12.7. The fourth-order valence-electron chi connectivity index (χ4n) is 1.45. The quantitative estimate of drug-likeness (QED) is 0.341. The first-order valence-corrected chi connectivity index (χ1v) is 6.09. The van der Waals surface area contributed by atoms with Crippen LogP contribution in [0.4, 0.5) is 18.9 Å². The molecule has 1 unspecified atom stereocenters. The summed E-state index contributed by atoms with van der Waals surface area (Å²) in [5.41, 5.74) is 6.41. The van der Waals surface area contributed by atoms with E-state index in [0.717, 1.165) is 10.0 Å². The summed E-state index contributed by atoms with van der Waals surface area (Å²) in [4.78, 5) is 0. The van der Waals surface area contributed by atoms with Crippen LogP contribution in [0.2, 0.25) is 0 Å². The standard InChI is InChI=1S/C11H13BrF3N3O/c1-6-2-3-7(12)4-9(6)17-5-8(10(16)18-19)11(13,14)15/h2-4,8,17,19H,5H2,1H3,(H2,16,18). The normalized spacial score (nSPS) is 14.3. The molecule has 4 N–H and O–H groups in total. The van der Waals surface area contributed by atoms with Gasteiger partial charge in [-0.2, -0.15) is 13.2 Å². The van der Waals surface area contributed by atoms with Gasteiger partial charge >= 0.3 is 6.18 Å². The van der Waals surface area contributed by atoms with Crippen molar-refractivity contribution >= 4 is 27.5 Å². The summed E-state index contributed by atoms with van der Waals surface area (Å²) in [6.07, 6.45) is -4.58. The molecule has 0 aromatic heterocycles. The van der Waals surface area contributed by atoms with Crippen molar-refractivity contribution in [1.82, 2.24) is 0 Å². The third-order valence-electron chi connectivity index (χ3n) is 2.56. The first kappa shape index (κ1) is 15.6.